The molecule has 1 atom stereocenters. The Morgan fingerprint density at radius 3 is 2.39 bits per heavy atom. The first-order valence-corrected chi connectivity index (χ1v) is 14.4. The van der Waals surface area contributed by atoms with Gasteiger partial charge in [0.15, 0.2) is 0 Å². The zero-order valence-corrected chi connectivity index (χ0v) is 22.5. The normalized spacial score (nSPS) is 14.9. The van der Waals surface area contributed by atoms with Crippen molar-refractivity contribution in [3.63, 3.8) is 0 Å². The first kappa shape index (κ1) is 28.2. The number of hydrogen-bond acceptors (Lipinski definition) is 4. The Balaban J connectivity index is 1.94. The van der Waals surface area contributed by atoms with Gasteiger partial charge >= 0.3 is 0 Å². The first-order valence-electron chi connectivity index (χ1n) is 11.8. The molecule has 3 rings (SSSR count). The number of halogens is 3. The van der Waals surface area contributed by atoms with Crippen molar-refractivity contribution in [2.24, 2.45) is 0 Å². The van der Waals surface area contributed by atoms with E-state index in [1.807, 2.05) is 0 Å². The second kappa shape index (κ2) is 12.3. The van der Waals surface area contributed by atoms with Crippen molar-refractivity contribution in [2.45, 2.75) is 57.7 Å². The molecule has 0 radical (unpaired) electrons. The molecule has 11 heteroatoms. The van der Waals surface area contributed by atoms with Gasteiger partial charge in [-0.3, -0.25) is 13.9 Å². The number of rotatable bonds is 10. The summed E-state index contributed by atoms with van der Waals surface area (Å²) in [6.45, 7) is 1.19. The lowest BCUT2D eigenvalue weighted by molar-refractivity contribution is -0.140. The van der Waals surface area contributed by atoms with E-state index in [4.69, 9.17) is 23.2 Å². The fraction of sp³-hybridized carbons (Fsp3) is 0.440. The Hall–Kier alpha value is -2.36. The number of carbonyl (C=O) groups excluding carboxylic acids is 2. The molecule has 7 nitrogen and oxygen atoms in total. The van der Waals surface area contributed by atoms with Crippen molar-refractivity contribution in [2.75, 3.05) is 17.1 Å². The van der Waals surface area contributed by atoms with E-state index in [0.717, 1.165) is 42.3 Å². The van der Waals surface area contributed by atoms with Crippen LogP contribution in [0.2, 0.25) is 10.0 Å². The predicted molar refractivity (Wildman–Crippen MR) is 140 cm³/mol. The van der Waals surface area contributed by atoms with Crippen LogP contribution in [0, 0.1) is 5.82 Å². The smallest absolute Gasteiger partial charge is 0.244 e. The fourth-order valence-corrected chi connectivity index (χ4v) is 5.53. The summed E-state index contributed by atoms with van der Waals surface area (Å²) >= 11 is 12.2. The van der Waals surface area contributed by atoms with Gasteiger partial charge in [-0.15, -0.1) is 0 Å². The summed E-state index contributed by atoms with van der Waals surface area (Å²) in [5.41, 5.74) is 0.644. The molecule has 0 aliphatic heterocycles. The lowest BCUT2D eigenvalue weighted by Crippen LogP contribution is -2.53. The molecule has 2 amide bonds. The van der Waals surface area contributed by atoms with E-state index in [1.54, 1.807) is 25.1 Å². The van der Waals surface area contributed by atoms with Crippen molar-refractivity contribution in [3.8, 4) is 0 Å². The zero-order valence-electron chi connectivity index (χ0n) is 20.2. The molecule has 0 saturated heterocycles. The van der Waals surface area contributed by atoms with Crippen LogP contribution < -0.4 is 9.62 Å². The van der Waals surface area contributed by atoms with Gasteiger partial charge in [0.2, 0.25) is 21.8 Å². The Morgan fingerprint density at radius 1 is 1.11 bits per heavy atom. The summed E-state index contributed by atoms with van der Waals surface area (Å²) in [6, 6.07) is 9.09. The number of benzene rings is 2. The number of carbonyl (C=O) groups is 2. The summed E-state index contributed by atoms with van der Waals surface area (Å²) in [6.07, 6.45) is 5.08. The molecule has 196 valence electrons. The minimum Gasteiger partial charge on any atom is -0.352 e. The van der Waals surface area contributed by atoms with Crippen LogP contribution in [0.3, 0.4) is 0 Å². The zero-order chi connectivity index (χ0) is 26.5. The van der Waals surface area contributed by atoms with Gasteiger partial charge in [0.05, 0.1) is 22.0 Å². The second-order valence-corrected chi connectivity index (χ2v) is 11.7. The Morgan fingerprint density at radius 2 is 1.81 bits per heavy atom. The Bertz CT molecular complexity index is 1210. The molecule has 2 aromatic carbocycles. The first-order chi connectivity index (χ1) is 17.0. The number of sulfonamides is 1. The highest BCUT2D eigenvalue weighted by atomic mass is 35.5. The van der Waals surface area contributed by atoms with Crippen LogP contribution in [0.5, 0.6) is 0 Å². The highest BCUT2D eigenvalue weighted by Gasteiger charge is 2.33. The fourth-order valence-electron chi connectivity index (χ4n) is 4.37. The molecule has 0 heterocycles. The third kappa shape index (κ3) is 7.33. The lowest BCUT2D eigenvalue weighted by atomic mass is 10.1. The molecule has 2 aromatic rings. The SMILES string of the molecule is CC[C@@H](C(=O)NC1CCCC1)N(Cc1ccc(Cl)c(Cl)c1)C(=O)CN(c1cccc(F)c1)S(C)(=O)=O. The Labute approximate surface area is 221 Å². The third-order valence-electron chi connectivity index (χ3n) is 6.20. The predicted octanol–water partition coefficient (Wildman–Crippen LogP) is 4.76. The minimum absolute atomic E-state index is 0.00701. The molecule has 0 spiro atoms. The average Bonchev–Trinajstić information content (AvgIpc) is 3.31. The second-order valence-electron chi connectivity index (χ2n) is 8.93. The highest BCUT2D eigenvalue weighted by Crippen LogP contribution is 2.25. The van der Waals surface area contributed by atoms with Gasteiger partial charge < -0.3 is 10.2 Å². The van der Waals surface area contributed by atoms with Crippen LogP contribution >= 0.6 is 23.2 Å². The molecule has 0 unspecified atom stereocenters. The van der Waals surface area contributed by atoms with Crippen LogP contribution in [0.25, 0.3) is 0 Å². The maximum absolute atomic E-state index is 13.9. The van der Waals surface area contributed by atoms with E-state index in [2.05, 4.69) is 5.32 Å². The highest BCUT2D eigenvalue weighted by molar-refractivity contribution is 7.92. The van der Waals surface area contributed by atoms with Gasteiger partial charge in [-0.25, -0.2) is 12.8 Å². The van der Waals surface area contributed by atoms with E-state index in [-0.39, 0.29) is 24.2 Å². The molecule has 1 aliphatic carbocycles. The number of nitrogens with zero attached hydrogens (tertiary/aromatic N) is 2. The van der Waals surface area contributed by atoms with Gasteiger partial charge in [0.1, 0.15) is 18.4 Å². The molecule has 1 fully saturated rings. The van der Waals surface area contributed by atoms with Crippen LogP contribution in [-0.4, -0.2) is 50.0 Å². The van der Waals surface area contributed by atoms with Gasteiger partial charge in [-0.1, -0.05) is 55.1 Å². The Kier molecular flexibility index (Phi) is 9.60. The largest absolute Gasteiger partial charge is 0.352 e. The van der Waals surface area contributed by atoms with Gasteiger partial charge in [0, 0.05) is 12.6 Å². The molecular weight excluding hydrogens is 528 g/mol. The number of amides is 2. The number of hydrogen-bond donors (Lipinski definition) is 1. The quantitative estimate of drug-likeness (QED) is 0.456. The van der Waals surface area contributed by atoms with E-state index < -0.39 is 34.3 Å². The van der Waals surface area contributed by atoms with E-state index in [0.29, 0.717) is 22.0 Å². The van der Waals surface area contributed by atoms with Crippen molar-refractivity contribution in [3.05, 3.63) is 63.9 Å². The minimum atomic E-state index is -3.94. The standard InChI is InChI=1S/C25H30Cl2FN3O4S/c1-3-23(25(33)29-19-8-4-5-9-19)30(15-17-11-12-21(26)22(27)13-17)24(32)16-31(36(2,34)35)20-10-6-7-18(28)14-20/h6-7,10-14,19,23H,3-5,8-9,15-16H2,1-2H3,(H,29,33)/t23-/m0/s1. The molecule has 1 saturated carbocycles. The van der Waals surface area contributed by atoms with E-state index >= 15 is 0 Å². The molecular formula is C25H30Cl2FN3O4S. The topological polar surface area (TPSA) is 86.8 Å². The molecule has 1 aliphatic rings. The monoisotopic (exact) mass is 557 g/mol. The third-order valence-corrected chi connectivity index (χ3v) is 8.08. The summed E-state index contributed by atoms with van der Waals surface area (Å²) in [4.78, 5) is 28.2. The van der Waals surface area contributed by atoms with Gasteiger partial charge in [-0.05, 0) is 55.2 Å². The van der Waals surface area contributed by atoms with Crippen LogP contribution in [0.4, 0.5) is 10.1 Å². The van der Waals surface area contributed by atoms with Crippen molar-refractivity contribution in [1.29, 1.82) is 0 Å². The average molecular weight is 559 g/mol. The maximum atomic E-state index is 13.9. The lowest BCUT2D eigenvalue weighted by Gasteiger charge is -2.33. The van der Waals surface area contributed by atoms with Crippen LogP contribution in [-0.2, 0) is 26.2 Å². The van der Waals surface area contributed by atoms with Crippen molar-refractivity contribution in [1.82, 2.24) is 10.2 Å². The molecule has 1 N–H and O–H groups in total. The van der Waals surface area contributed by atoms with Crippen LogP contribution in [0.15, 0.2) is 42.5 Å². The summed E-state index contributed by atoms with van der Waals surface area (Å²) in [7, 11) is -3.94. The van der Waals surface area contributed by atoms with Crippen molar-refractivity contribution >= 4 is 50.7 Å². The summed E-state index contributed by atoms with van der Waals surface area (Å²) in [5, 5.41) is 3.67. The summed E-state index contributed by atoms with van der Waals surface area (Å²) in [5.74, 6) is -1.54. The molecule has 0 aromatic heterocycles. The number of nitrogens with one attached hydrogen (secondary N) is 1. The van der Waals surface area contributed by atoms with Gasteiger partial charge in [0.25, 0.3) is 0 Å². The maximum Gasteiger partial charge on any atom is 0.244 e. The van der Waals surface area contributed by atoms with E-state index in [1.165, 1.54) is 23.1 Å². The van der Waals surface area contributed by atoms with E-state index in [9.17, 15) is 22.4 Å². The van der Waals surface area contributed by atoms with Crippen LogP contribution in [0.1, 0.15) is 44.6 Å². The summed E-state index contributed by atoms with van der Waals surface area (Å²) < 4.78 is 39.8. The van der Waals surface area contributed by atoms with Crippen molar-refractivity contribution < 1.29 is 22.4 Å². The van der Waals surface area contributed by atoms with Gasteiger partial charge in [-0.2, -0.15) is 0 Å². The number of anilines is 1. The molecule has 0 bridgehead atoms. The molecule has 36 heavy (non-hydrogen) atoms.